The molecule has 0 unspecified atom stereocenters. The van der Waals surface area contributed by atoms with E-state index in [1.807, 2.05) is 25.1 Å². The summed E-state index contributed by atoms with van der Waals surface area (Å²) in [5.74, 6) is 0. The summed E-state index contributed by atoms with van der Waals surface area (Å²) >= 11 is 1.51. The van der Waals surface area contributed by atoms with E-state index in [-0.39, 0.29) is 11.6 Å². The molecule has 2 fully saturated rings. The van der Waals surface area contributed by atoms with E-state index in [1.54, 1.807) is 18.5 Å². The van der Waals surface area contributed by atoms with Gasteiger partial charge in [0.1, 0.15) is 0 Å². The van der Waals surface area contributed by atoms with Crippen LogP contribution >= 0.6 is 11.8 Å². The van der Waals surface area contributed by atoms with Gasteiger partial charge in [0.05, 0.1) is 13.2 Å². The van der Waals surface area contributed by atoms with Crippen molar-refractivity contribution in [3.8, 4) is 0 Å². The van der Waals surface area contributed by atoms with Crippen LogP contribution in [-0.4, -0.2) is 59.3 Å². The third kappa shape index (κ3) is 5.75. The maximum Gasteiger partial charge on any atom is 0.319 e. The summed E-state index contributed by atoms with van der Waals surface area (Å²) in [5, 5.41) is 6.90. The fourth-order valence-electron chi connectivity index (χ4n) is 4.55. The molecule has 1 saturated carbocycles. The van der Waals surface area contributed by atoms with E-state index < -0.39 is 0 Å². The number of nitrogens with one attached hydrogen (secondary N) is 2. The number of ether oxygens (including phenoxy) is 1. The highest BCUT2D eigenvalue weighted by atomic mass is 32.2. The van der Waals surface area contributed by atoms with Gasteiger partial charge in [-0.2, -0.15) is 0 Å². The quantitative estimate of drug-likeness (QED) is 0.657. The van der Waals surface area contributed by atoms with Gasteiger partial charge in [0, 0.05) is 48.1 Å². The Labute approximate surface area is 188 Å². The lowest BCUT2D eigenvalue weighted by Gasteiger charge is -2.48. The van der Waals surface area contributed by atoms with Gasteiger partial charge in [-0.25, -0.2) is 14.8 Å². The Morgan fingerprint density at radius 1 is 1.16 bits per heavy atom. The zero-order valence-corrected chi connectivity index (χ0v) is 18.9. The maximum absolute atomic E-state index is 12.7. The minimum atomic E-state index is -0.145. The topological polar surface area (TPSA) is 79.4 Å². The molecular weight excluding hydrogens is 410 g/mol. The summed E-state index contributed by atoms with van der Waals surface area (Å²) in [6, 6.07) is 7.64. The van der Waals surface area contributed by atoms with E-state index in [9.17, 15) is 4.79 Å². The number of anilines is 1. The van der Waals surface area contributed by atoms with Gasteiger partial charge in [0.25, 0.3) is 0 Å². The van der Waals surface area contributed by atoms with Crippen molar-refractivity contribution in [3.63, 3.8) is 0 Å². The standard InChI is InChI=1S/C23H31N5O2S/c1-18-16-19(31-22-24-10-5-11-25-22)6-7-20(18)27-21(29)26-17-23(8-3-2-4-9-23)28-12-14-30-15-13-28/h5-7,10-11,16H,2-4,8-9,12-15,17H2,1H3,(H2,26,27,29). The van der Waals surface area contributed by atoms with Gasteiger partial charge >= 0.3 is 6.03 Å². The fourth-order valence-corrected chi connectivity index (χ4v) is 5.36. The van der Waals surface area contributed by atoms with Crippen molar-refractivity contribution in [2.45, 2.75) is 54.6 Å². The molecule has 1 aromatic carbocycles. The molecular formula is C23H31N5O2S. The molecule has 4 rings (SSSR count). The van der Waals surface area contributed by atoms with Gasteiger partial charge in [-0.05, 0) is 61.4 Å². The Hall–Kier alpha value is -2.16. The average molecular weight is 442 g/mol. The van der Waals surface area contributed by atoms with E-state index >= 15 is 0 Å². The van der Waals surface area contributed by atoms with Gasteiger partial charge in [-0.1, -0.05) is 19.3 Å². The van der Waals surface area contributed by atoms with Crippen molar-refractivity contribution < 1.29 is 9.53 Å². The van der Waals surface area contributed by atoms with Crippen molar-refractivity contribution in [2.24, 2.45) is 0 Å². The first-order valence-corrected chi connectivity index (χ1v) is 11.9. The number of amides is 2. The highest BCUT2D eigenvalue weighted by molar-refractivity contribution is 7.99. The summed E-state index contributed by atoms with van der Waals surface area (Å²) in [4.78, 5) is 24.8. The van der Waals surface area contributed by atoms with Crippen LogP contribution in [-0.2, 0) is 4.74 Å². The second-order valence-corrected chi connectivity index (χ2v) is 9.34. The van der Waals surface area contributed by atoms with Crippen LogP contribution in [0.15, 0.2) is 46.7 Å². The van der Waals surface area contributed by atoms with Crippen molar-refractivity contribution in [2.75, 3.05) is 38.2 Å². The number of carbonyl (C=O) groups excluding carboxylic acids is 1. The van der Waals surface area contributed by atoms with Crippen molar-refractivity contribution >= 4 is 23.5 Å². The molecule has 2 amide bonds. The SMILES string of the molecule is Cc1cc(Sc2ncccn2)ccc1NC(=O)NCC1(N2CCOCC2)CCCCC1. The van der Waals surface area contributed by atoms with Crippen molar-refractivity contribution in [1.82, 2.24) is 20.2 Å². The minimum absolute atomic E-state index is 0.0601. The summed E-state index contributed by atoms with van der Waals surface area (Å²) in [6.07, 6.45) is 9.49. The number of nitrogens with zero attached hydrogens (tertiary/aromatic N) is 3. The zero-order valence-electron chi connectivity index (χ0n) is 18.1. The lowest BCUT2D eigenvalue weighted by Crippen LogP contribution is -2.60. The molecule has 1 aliphatic heterocycles. The smallest absolute Gasteiger partial charge is 0.319 e. The van der Waals surface area contributed by atoms with Crippen LogP contribution in [0.2, 0.25) is 0 Å². The third-order valence-corrected chi connectivity index (χ3v) is 7.12. The van der Waals surface area contributed by atoms with Gasteiger partial charge in [-0.15, -0.1) is 0 Å². The molecule has 8 heteroatoms. The predicted molar refractivity (Wildman–Crippen MR) is 123 cm³/mol. The zero-order chi connectivity index (χ0) is 21.5. The van der Waals surface area contributed by atoms with Crippen LogP contribution in [0.25, 0.3) is 0 Å². The molecule has 1 aromatic heterocycles. The number of morpholine rings is 1. The molecule has 2 N–H and O–H groups in total. The van der Waals surface area contributed by atoms with Crippen LogP contribution < -0.4 is 10.6 Å². The number of aryl methyl sites for hydroxylation is 1. The molecule has 166 valence electrons. The maximum atomic E-state index is 12.7. The predicted octanol–water partition coefficient (Wildman–Crippen LogP) is 4.09. The first kappa shape index (κ1) is 22.0. The van der Waals surface area contributed by atoms with E-state index in [0.29, 0.717) is 11.7 Å². The highest BCUT2D eigenvalue weighted by Crippen LogP contribution is 2.34. The summed E-state index contributed by atoms with van der Waals surface area (Å²) < 4.78 is 5.55. The molecule has 2 aliphatic rings. The molecule has 0 spiro atoms. The van der Waals surface area contributed by atoms with E-state index in [2.05, 4.69) is 25.5 Å². The number of carbonyl (C=O) groups is 1. The average Bonchev–Trinajstić information content (AvgIpc) is 2.81. The second kappa shape index (κ2) is 10.4. The molecule has 0 atom stereocenters. The van der Waals surface area contributed by atoms with Crippen molar-refractivity contribution in [3.05, 3.63) is 42.2 Å². The minimum Gasteiger partial charge on any atom is -0.379 e. The summed E-state index contributed by atoms with van der Waals surface area (Å²) in [5.41, 5.74) is 1.89. The van der Waals surface area contributed by atoms with E-state index in [0.717, 1.165) is 55.3 Å². The van der Waals surface area contributed by atoms with Gasteiger partial charge in [0.2, 0.25) is 0 Å². The highest BCUT2D eigenvalue weighted by Gasteiger charge is 2.38. The van der Waals surface area contributed by atoms with Gasteiger partial charge < -0.3 is 15.4 Å². The molecule has 1 saturated heterocycles. The summed E-state index contributed by atoms with van der Waals surface area (Å²) in [6.45, 7) is 6.15. The Morgan fingerprint density at radius 3 is 2.61 bits per heavy atom. The number of rotatable bonds is 6. The molecule has 7 nitrogen and oxygen atoms in total. The Morgan fingerprint density at radius 2 is 1.90 bits per heavy atom. The monoisotopic (exact) mass is 441 g/mol. The first-order chi connectivity index (χ1) is 15.1. The van der Waals surface area contributed by atoms with Gasteiger partial charge in [0.15, 0.2) is 5.16 Å². The largest absolute Gasteiger partial charge is 0.379 e. The molecule has 0 bridgehead atoms. The number of hydrogen-bond acceptors (Lipinski definition) is 6. The second-order valence-electron chi connectivity index (χ2n) is 8.30. The lowest BCUT2D eigenvalue weighted by molar-refractivity contribution is -0.0356. The number of hydrogen-bond donors (Lipinski definition) is 2. The Kier molecular flexibility index (Phi) is 7.42. The third-order valence-electron chi connectivity index (χ3n) is 6.24. The first-order valence-electron chi connectivity index (χ1n) is 11.1. The van der Waals surface area contributed by atoms with Gasteiger partial charge in [-0.3, -0.25) is 4.90 Å². The molecule has 2 aromatic rings. The fraction of sp³-hybridized carbons (Fsp3) is 0.522. The molecule has 2 heterocycles. The van der Waals surface area contributed by atoms with E-state index in [4.69, 9.17) is 4.74 Å². The van der Waals surface area contributed by atoms with Crippen LogP contribution in [0, 0.1) is 6.92 Å². The molecule has 1 aliphatic carbocycles. The number of benzene rings is 1. The lowest BCUT2D eigenvalue weighted by atomic mass is 9.80. The van der Waals surface area contributed by atoms with Crippen LogP contribution in [0.3, 0.4) is 0 Å². The number of urea groups is 1. The normalized spacial score (nSPS) is 19.0. The van der Waals surface area contributed by atoms with E-state index in [1.165, 1.54) is 31.0 Å². The van der Waals surface area contributed by atoms with Crippen LogP contribution in [0.1, 0.15) is 37.7 Å². The van der Waals surface area contributed by atoms with Crippen LogP contribution in [0.4, 0.5) is 10.5 Å². The molecule has 0 radical (unpaired) electrons. The summed E-state index contributed by atoms with van der Waals surface area (Å²) in [7, 11) is 0. The number of aromatic nitrogens is 2. The molecule has 31 heavy (non-hydrogen) atoms. The van der Waals surface area contributed by atoms with Crippen molar-refractivity contribution in [1.29, 1.82) is 0 Å². The Bertz CT molecular complexity index is 868. The van der Waals surface area contributed by atoms with Crippen LogP contribution in [0.5, 0.6) is 0 Å². The Balaban J connectivity index is 1.35.